The number of alkyl carbamates (subject to hydrolysis) is 1. The number of anilines is 3. The molecule has 1 aromatic carbocycles. The topological polar surface area (TPSA) is 299 Å². The van der Waals surface area contributed by atoms with Crippen LogP contribution in [0.2, 0.25) is 0 Å². The SMILES string of the molecule is COc1ccc(COC(=O)C2=C(C[n+]3cc(NC(=O)NCCNC(=O)OC(C)(C)C)c(N)n3C)CS[C@@H]3[C@H](NC(=O)/C(=N\OC(C)(C)C(=O)OC(C)(C)C)c4nsc(N)n4)C(=O)N23)cc1. The highest BCUT2D eigenvalue weighted by atomic mass is 32.2. The van der Waals surface area contributed by atoms with Gasteiger partial charge in [0.1, 0.15) is 40.7 Å². The van der Waals surface area contributed by atoms with Crippen LogP contribution in [-0.4, -0.2) is 115 Å². The lowest BCUT2D eigenvalue weighted by molar-refractivity contribution is -0.765. The number of fused-ring (bicyclic) bond motifs is 1. The van der Waals surface area contributed by atoms with E-state index in [1.165, 1.54) is 37.6 Å². The minimum atomic E-state index is -1.66. The second-order valence-corrected chi connectivity index (χ2v) is 19.0. The zero-order valence-corrected chi connectivity index (χ0v) is 39.4. The van der Waals surface area contributed by atoms with Crippen molar-refractivity contribution >= 4 is 81.5 Å². The van der Waals surface area contributed by atoms with Crippen LogP contribution >= 0.6 is 23.3 Å². The van der Waals surface area contributed by atoms with Gasteiger partial charge in [-0.3, -0.25) is 19.8 Å². The van der Waals surface area contributed by atoms with Gasteiger partial charge in [-0.2, -0.15) is 9.36 Å². The molecule has 65 heavy (non-hydrogen) atoms. The maximum atomic E-state index is 14.1. The maximum absolute atomic E-state index is 14.1. The number of carbonyl (C=O) groups excluding carboxylic acids is 6. The van der Waals surface area contributed by atoms with Gasteiger partial charge in [0.2, 0.25) is 23.3 Å². The van der Waals surface area contributed by atoms with E-state index in [9.17, 15) is 28.8 Å². The summed E-state index contributed by atoms with van der Waals surface area (Å²) in [5, 5.41) is 13.7. The number of hydrogen-bond donors (Lipinski definition) is 6. The Morgan fingerprint density at radius 3 is 2.25 bits per heavy atom. The van der Waals surface area contributed by atoms with E-state index >= 15 is 0 Å². The monoisotopic (exact) mass is 943 g/mol. The smallest absolute Gasteiger partial charge is 0.407 e. The van der Waals surface area contributed by atoms with Crippen LogP contribution in [0.1, 0.15) is 66.8 Å². The highest BCUT2D eigenvalue weighted by Crippen LogP contribution is 2.41. The van der Waals surface area contributed by atoms with Crippen LogP contribution in [0.4, 0.5) is 26.2 Å². The molecule has 0 bridgehead atoms. The summed E-state index contributed by atoms with van der Waals surface area (Å²) in [5.74, 6) is -2.35. The number of rotatable bonds is 16. The molecule has 23 nitrogen and oxygen atoms in total. The average Bonchev–Trinajstić information content (AvgIpc) is 3.76. The van der Waals surface area contributed by atoms with E-state index in [-0.39, 0.29) is 60.2 Å². The Hall–Kier alpha value is -6.63. The number of nitrogen functional groups attached to an aromatic ring is 2. The van der Waals surface area contributed by atoms with E-state index in [1.807, 2.05) is 0 Å². The Morgan fingerprint density at radius 1 is 0.969 bits per heavy atom. The average molecular weight is 944 g/mol. The summed E-state index contributed by atoms with van der Waals surface area (Å²) in [4.78, 5) is 90.5. The van der Waals surface area contributed by atoms with Crippen LogP contribution in [0.15, 0.2) is 46.9 Å². The predicted octanol–water partition coefficient (Wildman–Crippen LogP) is 1.92. The molecule has 0 saturated carbocycles. The molecule has 0 spiro atoms. The van der Waals surface area contributed by atoms with Crippen molar-refractivity contribution in [1.29, 1.82) is 0 Å². The van der Waals surface area contributed by atoms with Gasteiger partial charge in [-0.25, -0.2) is 19.2 Å². The number of β-lactam (4-membered cyclic amide) rings is 1. The molecule has 1 saturated heterocycles. The number of hydrogen-bond acceptors (Lipinski definition) is 18. The first kappa shape index (κ1) is 49.4. The van der Waals surface area contributed by atoms with Gasteiger partial charge < -0.3 is 51.2 Å². The highest BCUT2D eigenvalue weighted by Gasteiger charge is 2.55. The fourth-order valence-corrected chi connectivity index (χ4v) is 7.70. The first-order valence-corrected chi connectivity index (χ1v) is 21.9. The number of nitrogens with zero attached hydrogens (tertiary/aromatic N) is 6. The van der Waals surface area contributed by atoms with Crippen molar-refractivity contribution in [2.45, 2.75) is 96.8 Å². The summed E-state index contributed by atoms with van der Waals surface area (Å²) in [6.07, 6.45) is 0.936. The highest BCUT2D eigenvalue weighted by molar-refractivity contribution is 8.00. The second kappa shape index (κ2) is 20.0. The molecule has 2 atom stereocenters. The van der Waals surface area contributed by atoms with E-state index < -0.39 is 69.8 Å². The van der Waals surface area contributed by atoms with E-state index in [0.29, 0.717) is 16.9 Å². The molecule has 3 aromatic rings. The summed E-state index contributed by atoms with van der Waals surface area (Å²) < 4.78 is 28.9. The number of urea groups is 1. The molecule has 2 aromatic heterocycles. The standard InChI is InChI=1S/C40H54N12O11S2/c1-38(2,3)61-34(56)40(7,8)63-48-25(29-47-35(42)65-49-29)30(53)46-26-31(54)52-27(33(55)60-19-21-11-13-23(59-10)14-12-21)22(20-64-32(26)52)17-51-18-24(28(41)50(51)9)45-36(57)43-15-16-44-37(58)62-39(4,5)6/h11-14,18,26,32,41H,15-17,19-20H2,1-10H3,(H6,42,43,44,45,46,47,49,53,57,58)/p+1/b48-25-/t26-,32-/m1/s1. The number of ether oxygens (including phenoxy) is 4. The van der Waals surface area contributed by atoms with Crippen molar-refractivity contribution in [2.75, 3.05) is 42.7 Å². The Morgan fingerprint density at radius 2 is 1.63 bits per heavy atom. The summed E-state index contributed by atoms with van der Waals surface area (Å²) in [7, 11) is 3.18. The van der Waals surface area contributed by atoms with Gasteiger partial charge in [0.05, 0.1) is 14.2 Å². The van der Waals surface area contributed by atoms with Crippen molar-refractivity contribution < 1.29 is 57.2 Å². The molecule has 5 amide bonds. The predicted molar refractivity (Wildman–Crippen MR) is 238 cm³/mol. The zero-order valence-electron chi connectivity index (χ0n) is 37.7. The molecule has 5 rings (SSSR count). The van der Waals surface area contributed by atoms with Crippen LogP contribution in [0.25, 0.3) is 0 Å². The minimum absolute atomic E-state index is 0.0183. The molecule has 25 heteroatoms. The van der Waals surface area contributed by atoms with Crippen LogP contribution < -0.4 is 42.2 Å². The lowest BCUT2D eigenvalue weighted by Gasteiger charge is -2.49. The van der Waals surface area contributed by atoms with Crippen LogP contribution in [0, 0.1) is 0 Å². The van der Waals surface area contributed by atoms with Gasteiger partial charge >= 0.3 is 24.1 Å². The molecule has 0 unspecified atom stereocenters. The van der Waals surface area contributed by atoms with E-state index in [2.05, 4.69) is 35.8 Å². The number of oxime groups is 1. The van der Waals surface area contributed by atoms with Crippen LogP contribution in [0.3, 0.4) is 0 Å². The fraction of sp³-hybridized carbons (Fsp3) is 0.500. The molecular weight excluding hydrogens is 889 g/mol. The van der Waals surface area contributed by atoms with Gasteiger partial charge in [0, 0.05) is 35.9 Å². The fourth-order valence-electron chi connectivity index (χ4n) is 5.93. The molecular formula is C40H55N12O11S2+. The number of aromatic nitrogens is 4. The van der Waals surface area contributed by atoms with Gasteiger partial charge in [-0.1, -0.05) is 17.3 Å². The lowest BCUT2D eigenvalue weighted by Crippen LogP contribution is -2.71. The van der Waals surface area contributed by atoms with Crippen molar-refractivity contribution in [1.82, 2.24) is 34.9 Å². The first-order valence-electron chi connectivity index (χ1n) is 20.1. The van der Waals surface area contributed by atoms with Gasteiger partial charge in [0.25, 0.3) is 11.8 Å². The van der Waals surface area contributed by atoms with Crippen molar-refractivity contribution in [3.8, 4) is 5.75 Å². The second-order valence-electron chi connectivity index (χ2n) is 17.1. The third-order valence-electron chi connectivity index (χ3n) is 9.15. The normalized spacial score (nSPS) is 16.4. The molecule has 352 valence electrons. The van der Waals surface area contributed by atoms with Crippen LogP contribution in [0.5, 0.6) is 5.75 Å². The largest absolute Gasteiger partial charge is 0.497 e. The lowest BCUT2D eigenvalue weighted by atomic mass is 10.0. The number of thioether (sulfide) groups is 1. The molecule has 0 radical (unpaired) electrons. The Bertz CT molecular complexity index is 2370. The van der Waals surface area contributed by atoms with Crippen LogP contribution in [-0.2, 0) is 58.4 Å². The molecule has 8 N–H and O–H groups in total. The minimum Gasteiger partial charge on any atom is -0.497 e. The number of amides is 5. The van der Waals surface area contributed by atoms with E-state index in [4.69, 9.17) is 35.3 Å². The number of nitrogens with one attached hydrogen (secondary N) is 4. The zero-order chi connectivity index (χ0) is 48.0. The number of benzene rings is 1. The summed E-state index contributed by atoms with van der Waals surface area (Å²) in [6, 6.07) is 5.13. The quantitative estimate of drug-likeness (QED) is 0.0227. The first-order chi connectivity index (χ1) is 30.4. The van der Waals surface area contributed by atoms with E-state index in [0.717, 1.165) is 11.5 Å². The summed E-state index contributed by atoms with van der Waals surface area (Å²) in [6.45, 7) is 13.1. The van der Waals surface area contributed by atoms with Gasteiger partial charge in [-0.05, 0) is 73.1 Å². The Kier molecular flexibility index (Phi) is 15.2. The van der Waals surface area contributed by atoms with Gasteiger partial charge in [-0.15, -0.1) is 21.1 Å². The molecule has 4 heterocycles. The summed E-state index contributed by atoms with van der Waals surface area (Å²) in [5.41, 5.74) is 9.88. The number of esters is 2. The summed E-state index contributed by atoms with van der Waals surface area (Å²) >= 11 is 2.06. The van der Waals surface area contributed by atoms with Crippen molar-refractivity contribution in [3.63, 3.8) is 0 Å². The molecule has 2 aliphatic heterocycles. The molecule has 1 fully saturated rings. The third kappa shape index (κ3) is 12.8. The number of nitrogens with two attached hydrogens (primary N) is 2. The van der Waals surface area contributed by atoms with Gasteiger partial charge in [0.15, 0.2) is 23.2 Å². The van der Waals surface area contributed by atoms with Crippen molar-refractivity contribution in [3.05, 3.63) is 53.1 Å². The molecule has 0 aliphatic carbocycles. The van der Waals surface area contributed by atoms with E-state index in [1.54, 1.807) is 88.4 Å². The third-order valence-corrected chi connectivity index (χ3v) is 11.0. The van der Waals surface area contributed by atoms with Crippen molar-refractivity contribution in [2.24, 2.45) is 12.2 Å². The Balaban J connectivity index is 1.36. The number of methoxy groups -OCH3 is 1. The Labute approximate surface area is 383 Å². The number of carbonyl (C=O) groups is 6. The maximum Gasteiger partial charge on any atom is 0.407 e. The molecule has 2 aliphatic rings.